The maximum Gasteiger partial charge on any atom is 0.416 e. The molecule has 0 aromatic heterocycles. The van der Waals surface area contributed by atoms with Gasteiger partial charge in [-0.25, -0.2) is 8.42 Å². The smallest absolute Gasteiger partial charge is 0.416 e. The van der Waals surface area contributed by atoms with Gasteiger partial charge in [-0.3, -0.25) is 4.90 Å². The van der Waals surface area contributed by atoms with Gasteiger partial charge < -0.3 is 4.74 Å². The third kappa shape index (κ3) is 5.03. The molecule has 1 heterocycles. The highest BCUT2D eigenvalue weighted by molar-refractivity contribution is 7.89. The Bertz CT molecular complexity index is 958. The Hall–Kier alpha value is -1.81. The predicted octanol–water partition coefficient (Wildman–Crippen LogP) is 3.87. The third-order valence-corrected chi connectivity index (χ3v) is 7.15. The standard InChI is InChI=1S/C19H20ClF3N2O3S/c1-28-16-5-2-14(3-6-16)13-24-8-10-25(11-9-24)29(26,27)18-12-15(19(21,22)23)4-7-17(18)20/h2-7,12H,8-11,13H2,1H3. The van der Waals surface area contributed by atoms with Crippen LogP contribution in [0.1, 0.15) is 11.1 Å². The van der Waals surface area contributed by atoms with E-state index in [0.717, 1.165) is 23.4 Å². The van der Waals surface area contributed by atoms with Crippen molar-refractivity contribution in [3.05, 3.63) is 58.6 Å². The summed E-state index contributed by atoms with van der Waals surface area (Å²) in [5, 5.41) is -0.223. The first-order valence-electron chi connectivity index (χ1n) is 8.83. The second kappa shape index (κ2) is 8.51. The van der Waals surface area contributed by atoms with Gasteiger partial charge in [0, 0.05) is 32.7 Å². The molecule has 0 saturated carbocycles. The molecule has 29 heavy (non-hydrogen) atoms. The monoisotopic (exact) mass is 448 g/mol. The molecule has 1 aliphatic heterocycles. The van der Waals surface area contributed by atoms with Crippen LogP contribution in [0.15, 0.2) is 47.4 Å². The molecular weight excluding hydrogens is 429 g/mol. The Labute approximate surface area is 172 Å². The van der Waals surface area contributed by atoms with Gasteiger partial charge in [0.15, 0.2) is 0 Å². The van der Waals surface area contributed by atoms with E-state index in [1.807, 2.05) is 24.3 Å². The molecule has 2 aromatic rings. The van der Waals surface area contributed by atoms with E-state index in [4.69, 9.17) is 16.3 Å². The van der Waals surface area contributed by atoms with E-state index >= 15 is 0 Å². The predicted molar refractivity (Wildman–Crippen MR) is 103 cm³/mol. The highest BCUT2D eigenvalue weighted by Crippen LogP contribution is 2.34. The summed E-state index contributed by atoms with van der Waals surface area (Å²) in [4.78, 5) is 1.57. The zero-order chi connectivity index (χ0) is 21.2. The quantitative estimate of drug-likeness (QED) is 0.696. The minimum Gasteiger partial charge on any atom is -0.497 e. The fourth-order valence-corrected chi connectivity index (χ4v) is 5.06. The molecule has 0 radical (unpaired) electrons. The van der Waals surface area contributed by atoms with Crippen LogP contribution >= 0.6 is 11.6 Å². The second-order valence-electron chi connectivity index (χ2n) is 6.67. The van der Waals surface area contributed by atoms with E-state index in [1.54, 1.807) is 7.11 Å². The summed E-state index contributed by atoms with van der Waals surface area (Å²) in [6.07, 6.45) is -4.65. The van der Waals surface area contributed by atoms with Gasteiger partial charge in [-0.2, -0.15) is 17.5 Å². The van der Waals surface area contributed by atoms with Crippen molar-refractivity contribution in [1.82, 2.24) is 9.21 Å². The molecular formula is C19H20ClF3N2O3S. The van der Waals surface area contributed by atoms with Gasteiger partial charge >= 0.3 is 6.18 Å². The van der Waals surface area contributed by atoms with Crippen LogP contribution in [-0.4, -0.2) is 50.9 Å². The van der Waals surface area contributed by atoms with E-state index in [-0.39, 0.29) is 18.1 Å². The van der Waals surface area contributed by atoms with Crippen molar-refractivity contribution in [2.45, 2.75) is 17.6 Å². The number of benzene rings is 2. The fourth-order valence-electron chi connectivity index (χ4n) is 3.13. The lowest BCUT2D eigenvalue weighted by molar-refractivity contribution is -0.137. The van der Waals surface area contributed by atoms with E-state index in [1.165, 1.54) is 4.31 Å². The van der Waals surface area contributed by atoms with Gasteiger partial charge in [0.05, 0.1) is 17.7 Å². The first kappa shape index (κ1) is 21.9. The topological polar surface area (TPSA) is 49.9 Å². The molecule has 0 N–H and O–H groups in total. The lowest BCUT2D eigenvalue weighted by atomic mass is 10.2. The molecule has 1 fully saturated rings. The maximum absolute atomic E-state index is 13.0. The van der Waals surface area contributed by atoms with Gasteiger partial charge in [-0.05, 0) is 35.9 Å². The van der Waals surface area contributed by atoms with Gasteiger partial charge in [-0.1, -0.05) is 23.7 Å². The summed E-state index contributed by atoms with van der Waals surface area (Å²) < 4.78 is 70.9. The largest absolute Gasteiger partial charge is 0.497 e. The van der Waals surface area contributed by atoms with Crippen molar-refractivity contribution < 1.29 is 26.3 Å². The minimum atomic E-state index is -4.65. The summed E-state index contributed by atoms with van der Waals surface area (Å²) in [6, 6.07) is 9.92. The summed E-state index contributed by atoms with van der Waals surface area (Å²) in [6.45, 7) is 1.90. The average Bonchev–Trinajstić information content (AvgIpc) is 2.68. The normalized spacial score (nSPS) is 16.7. The van der Waals surface area contributed by atoms with Crippen LogP contribution in [0, 0.1) is 0 Å². The zero-order valence-corrected chi connectivity index (χ0v) is 17.2. The molecule has 0 bridgehead atoms. The molecule has 5 nitrogen and oxygen atoms in total. The van der Waals surface area contributed by atoms with Gasteiger partial charge in [0.25, 0.3) is 0 Å². The van der Waals surface area contributed by atoms with Gasteiger partial charge in [-0.15, -0.1) is 0 Å². The van der Waals surface area contributed by atoms with Crippen molar-refractivity contribution in [3.63, 3.8) is 0 Å². The van der Waals surface area contributed by atoms with Crippen molar-refractivity contribution in [2.24, 2.45) is 0 Å². The molecule has 0 spiro atoms. The first-order valence-corrected chi connectivity index (χ1v) is 10.7. The van der Waals surface area contributed by atoms with Crippen LogP contribution in [-0.2, 0) is 22.7 Å². The van der Waals surface area contributed by atoms with Crippen molar-refractivity contribution in [3.8, 4) is 5.75 Å². The SMILES string of the molecule is COc1ccc(CN2CCN(S(=O)(=O)c3cc(C(F)(F)F)ccc3Cl)CC2)cc1. The third-order valence-electron chi connectivity index (χ3n) is 4.77. The molecule has 2 aromatic carbocycles. The van der Waals surface area contributed by atoms with Gasteiger partial charge in [0.2, 0.25) is 10.0 Å². The van der Waals surface area contributed by atoms with Crippen molar-refractivity contribution >= 4 is 21.6 Å². The molecule has 3 rings (SSSR count). The summed E-state index contributed by atoms with van der Waals surface area (Å²) in [5.74, 6) is 0.752. The Balaban J connectivity index is 1.69. The average molecular weight is 449 g/mol. The van der Waals surface area contributed by atoms with Crippen LogP contribution in [0.4, 0.5) is 13.2 Å². The molecule has 0 atom stereocenters. The molecule has 10 heteroatoms. The molecule has 0 amide bonds. The Morgan fingerprint density at radius 1 is 1.03 bits per heavy atom. The van der Waals surface area contributed by atoms with E-state index < -0.39 is 26.7 Å². The first-order chi connectivity index (χ1) is 13.6. The summed E-state index contributed by atoms with van der Waals surface area (Å²) in [7, 11) is -2.53. The number of alkyl halides is 3. The summed E-state index contributed by atoms with van der Waals surface area (Å²) in [5.41, 5.74) is 0.0154. The van der Waals surface area contributed by atoms with Crippen LogP contribution in [0.3, 0.4) is 0 Å². The zero-order valence-electron chi connectivity index (χ0n) is 15.6. The van der Waals surface area contributed by atoms with E-state index in [2.05, 4.69) is 4.90 Å². The number of rotatable bonds is 5. The highest BCUT2D eigenvalue weighted by atomic mass is 35.5. The van der Waals surface area contributed by atoms with E-state index in [9.17, 15) is 21.6 Å². The molecule has 1 saturated heterocycles. The van der Waals surface area contributed by atoms with Crippen LogP contribution < -0.4 is 4.74 Å². The number of sulfonamides is 1. The Morgan fingerprint density at radius 3 is 2.21 bits per heavy atom. The summed E-state index contributed by atoms with van der Waals surface area (Å²) >= 11 is 5.92. The second-order valence-corrected chi connectivity index (χ2v) is 8.98. The van der Waals surface area contributed by atoms with Crippen molar-refractivity contribution in [2.75, 3.05) is 33.3 Å². The van der Waals surface area contributed by atoms with Crippen LogP contribution in [0.2, 0.25) is 5.02 Å². The lowest BCUT2D eigenvalue weighted by Crippen LogP contribution is -2.48. The molecule has 1 aliphatic rings. The highest BCUT2D eigenvalue weighted by Gasteiger charge is 2.35. The number of halogens is 4. The number of methoxy groups -OCH3 is 1. The fraction of sp³-hybridized carbons (Fsp3) is 0.368. The minimum absolute atomic E-state index is 0.172. The number of piperazine rings is 1. The molecule has 0 unspecified atom stereocenters. The Morgan fingerprint density at radius 2 is 1.66 bits per heavy atom. The number of hydrogen-bond donors (Lipinski definition) is 0. The van der Waals surface area contributed by atoms with Crippen molar-refractivity contribution in [1.29, 1.82) is 0 Å². The maximum atomic E-state index is 13.0. The van der Waals surface area contributed by atoms with Crippen LogP contribution in [0.25, 0.3) is 0 Å². The number of nitrogens with zero attached hydrogens (tertiary/aromatic N) is 2. The Kier molecular flexibility index (Phi) is 6.42. The number of ether oxygens (including phenoxy) is 1. The van der Waals surface area contributed by atoms with Gasteiger partial charge in [0.1, 0.15) is 10.6 Å². The van der Waals surface area contributed by atoms with E-state index in [0.29, 0.717) is 25.7 Å². The molecule has 0 aliphatic carbocycles. The number of hydrogen-bond acceptors (Lipinski definition) is 4. The molecule has 158 valence electrons. The lowest BCUT2D eigenvalue weighted by Gasteiger charge is -2.34. The van der Waals surface area contributed by atoms with Crippen LogP contribution in [0.5, 0.6) is 5.75 Å².